The van der Waals surface area contributed by atoms with Gasteiger partial charge in [-0.05, 0) is 6.92 Å². The normalized spacial score (nSPS) is 11.9. The molecule has 0 saturated carbocycles. The van der Waals surface area contributed by atoms with Crippen LogP contribution >= 0.6 is 11.3 Å². The van der Waals surface area contributed by atoms with E-state index in [4.69, 9.17) is 5.11 Å². The number of nitrogens with one attached hydrogen (secondary N) is 1. The highest BCUT2D eigenvalue weighted by Crippen LogP contribution is 2.17. The lowest BCUT2D eigenvalue weighted by Gasteiger charge is -2.15. The average Bonchev–Trinajstić information content (AvgIpc) is 2.65. The third kappa shape index (κ3) is 2.93. The molecule has 0 spiro atoms. The lowest BCUT2D eigenvalue weighted by Crippen LogP contribution is -2.36. The predicted octanol–water partition coefficient (Wildman–Crippen LogP) is 1.17. The highest BCUT2D eigenvalue weighted by molar-refractivity contribution is 7.09. The highest BCUT2D eigenvalue weighted by Gasteiger charge is 2.16. The van der Waals surface area contributed by atoms with Crippen LogP contribution in [0.15, 0.2) is 5.38 Å². The molecule has 1 aromatic heterocycles. The summed E-state index contributed by atoms with van der Waals surface area (Å²) < 4.78 is 0. The Hall–Kier alpha value is -1.63. The van der Waals surface area contributed by atoms with Crippen LogP contribution in [0.2, 0.25) is 0 Å². The van der Waals surface area contributed by atoms with Crippen molar-refractivity contribution in [1.29, 1.82) is 0 Å². The summed E-state index contributed by atoms with van der Waals surface area (Å²) in [7, 11) is 3.26. The van der Waals surface area contributed by atoms with E-state index < -0.39 is 5.97 Å². The van der Waals surface area contributed by atoms with E-state index in [1.165, 1.54) is 21.6 Å². The van der Waals surface area contributed by atoms with E-state index in [9.17, 15) is 9.59 Å². The zero-order valence-corrected chi connectivity index (χ0v) is 10.0. The highest BCUT2D eigenvalue weighted by atomic mass is 32.1. The minimum absolute atomic E-state index is 0.00551. The van der Waals surface area contributed by atoms with E-state index in [1.54, 1.807) is 21.0 Å². The number of urea groups is 1. The second-order valence-corrected chi connectivity index (χ2v) is 4.33. The standard InChI is InChI=1S/C9H13N3O3S/c1-5(10-9(15)12(2)3)7-11-6(4-16-7)8(13)14/h4-5H,1-3H3,(H,10,15)(H,13,14). The zero-order chi connectivity index (χ0) is 12.3. The Morgan fingerprint density at radius 3 is 2.62 bits per heavy atom. The van der Waals surface area contributed by atoms with Gasteiger partial charge in [0, 0.05) is 19.5 Å². The van der Waals surface area contributed by atoms with E-state index in [0.29, 0.717) is 5.01 Å². The van der Waals surface area contributed by atoms with Crippen molar-refractivity contribution >= 4 is 23.3 Å². The molecule has 1 atom stereocenters. The summed E-state index contributed by atoms with van der Waals surface area (Å²) in [6.45, 7) is 1.76. The van der Waals surface area contributed by atoms with E-state index >= 15 is 0 Å². The molecule has 0 aliphatic rings. The van der Waals surface area contributed by atoms with Crippen LogP contribution in [0, 0.1) is 0 Å². The van der Waals surface area contributed by atoms with Gasteiger partial charge in [0.05, 0.1) is 6.04 Å². The first-order valence-electron chi connectivity index (χ1n) is 4.58. The van der Waals surface area contributed by atoms with Gasteiger partial charge in [-0.25, -0.2) is 14.6 Å². The molecule has 16 heavy (non-hydrogen) atoms. The van der Waals surface area contributed by atoms with Gasteiger partial charge in [0.2, 0.25) is 0 Å². The van der Waals surface area contributed by atoms with Crippen molar-refractivity contribution in [2.45, 2.75) is 13.0 Å². The number of rotatable bonds is 3. The molecule has 1 unspecified atom stereocenters. The zero-order valence-electron chi connectivity index (χ0n) is 9.22. The maximum Gasteiger partial charge on any atom is 0.355 e. The molecule has 1 aromatic rings. The van der Waals surface area contributed by atoms with Crippen molar-refractivity contribution in [3.63, 3.8) is 0 Å². The van der Waals surface area contributed by atoms with Gasteiger partial charge in [-0.2, -0.15) is 0 Å². The summed E-state index contributed by atoms with van der Waals surface area (Å²) in [6.07, 6.45) is 0. The number of aromatic nitrogens is 1. The van der Waals surface area contributed by atoms with Gasteiger partial charge in [0.25, 0.3) is 0 Å². The number of carboxylic acid groups (broad SMARTS) is 1. The number of amides is 2. The Balaban J connectivity index is 2.69. The Kier molecular flexibility index (Phi) is 3.83. The van der Waals surface area contributed by atoms with E-state index in [2.05, 4.69) is 10.3 Å². The van der Waals surface area contributed by atoms with E-state index in [-0.39, 0.29) is 17.8 Å². The molecule has 0 aromatic carbocycles. The van der Waals surface area contributed by atoms with Crippen LogP contribution in [0.25, 0.3) is 0 Å². The second-order valence-electron chi connectivity index (χ2n) is 3.44. The van der Waals surface area contributed by atoms with Crippen LogP contribution in [0.5, 0.6) is 0 Å². The lowest BCUT2D eigenvalue weighted by molar-refractivity contribution is 0.0691. The van der Waals surface area contributed by atoms with Crippen molar-refractivity contribution in [2.75, 3.05) is 14.1 Å². The van der Waals surface area contributed by atoms with Crippen LogP contribution < -0.4 is 5.32 Å². The number of thiazole rings is 1. The van der Waals surface area contributed by atoms with Crippen LogP contribution in [0.1, 0.15) is 28.5 Å². The topological polar surface area (TPSA) is 82.5 Å². The number of carbonyl (C=O) groups excluding carboxylic acids is 1. The molecular weight excluding hydrogens is 230 g/mol. The van der Waals surface area contributed by atoms with E-state index in [0.717, 1.165) is 0 Å². The fourth-order valence-corrected chi connectivity index (χ4v) is 1.76. The molecule has 1 heterocycles. The van der Waals surface area contributed by atoms with Crippen molar-refractivity contribution in [2.24, 2.45) is 0 Å². The summed E-state index contributed by atoms with van der Waals surface area (Å²) >= 11 is 1.21. The van der Waals surface area contributed by atoms with Gasteiger partial charge in [-0.1, -0.05) is 0 Å². The minimum Gasteiger partial charge on any atom is -0.476 e. The van der Waals surface area contributed by atoms with Gasteiger partial charge < -0.3 is 15.3 Å². The molecule has 1 rings (SSSR count). The third-order valence-corrected chi connectivity index (χ3v) is 2.89. The van der Waals surface area contributed by atoms with Gasteiger partial charge in [-0.15, -0.1) is 11.3 Å². The maximum atomic E-state index is 11.3. The smallest absolute Gasteiger partial charge is 0.355 e. The Morgan fingerprint density at radius 2 is 2.19 bits per heavy atom. The Bertz CT molecular complexity index is 402. The van der Waals surface area contributed by atoms with Gasteiger partial charge in [-0.3, -0.25) is 0 Å². The summed E-state index contributed by atoms with van der Waals surface area (Å²) in [5.41, 5.74) is 0.00551. The van der Waals surface area contributed by atoms with Crippen molar-refractivity contribution < 1.29 is 14.7 Å². The molecule has 0 aliphatic carbocycles. The summed E-state index contributed by atoms with van der Waals surface area (Å²) in [5.74, 6) is -1.06. The number of carboxylic acids is 1. The van der Waals surface area contributed by atoms with Gasteiger partial charge >= 0.3 is 12.0 Å². The average molecular weight is 243 g/mol. The molecule has 2 amide bonds. The monoisotopic (exact) mass is 243 g/mol. The first kappa shape index (κ1) is 12.4. The van der Waals surface area contributed by atoms with Crippen LogP contribution in [0.3, 0.4) is 0 Å². The van der Waals surface area contributed by atoms with E-state index in [1.807, 2.05) is 0 Å². The van der Waals surface area contributed by atoms with Crippen LogP contribution in [-0.4, -0.2) is 41.1 Å². The second kappa shape index (κ2) is 4.93. The molecule has 0 radical (unpaired) electrons. The van der Waals surface area contributed by atoms with Crippen molar-refractivity contribution in [3.05, 3.63) is 16.1 Å². The summed E-state index contributed by atoms with van der Waals surface area (Å²) in [5, 5.41) is 13.4. The SMILES string of the molecule is CC(NC(=O)N(C)C)c1nc(C(=O)O)cs1. The fraction of sp³-hybridized carbons (Fsp3) is 0.444. The van der Waals surface area contributed by atoms with Crippen molar-refractivity contribution in [1.82, 2.24) is 15.2 Å². The number of aromatic carboxylic acids is 1. The minimum atomic E-state index is -1.06. The molecular formula is C9H13N3O3S. The molecule has 0 saturated heterocycles. The Morgan fingerprint density at radius 1 is 1.56 bits per heavy atom. The quantitative estimate of drug-likeness (QED) is 0.835. The molecule has 6 nitrogen and oxygen atoms in total. The first-order valence-corrected chi connectivity index (χ1v) is 5.46. The maximum absolute atomic E-state index is 11.3. The van der Waals surface area contributed by atoms with Gasteiger partial charge in [0.15, 0.2) is 5.69 Å². The number of carbonyl (C=O) groups is 2. The third-order valence-electron chi connectivity index (χ3n) is 1.86. The molecule has 0 bridgehead atoms. The molecule has 0 aliphatic heterocycles. The number of hydrogen-bond acceptors (Lipinski definition) is 4. The van der Waals surface area contributed by atoms with Crippen LogP contribution in [0.4, 0.5) is 4.79 Å². The van der Waals surface area contributed by atoms with Gasteiger partial charge in [0.1, 0.15) is 5.01 Å². The van der Waals surface area contributed by atoms with Crippen LogP contribution in [-0.2, 0) is 0 Å². The molecule has 7 heteroatoms. The fourth-order valence-electron chi connectivity index (χ4n) is 0.961. The first-order chi connectivity index (χ1) is 7.41. The molecule has 2 N–H and O–H groups in total. The number of nitrogens with zero attached hydrogens (tertiary/aromatic N) is 2. The molecule has 88 valence electrons. The largest absolute Gasteiger partial charge is 0.476 e. The van der Waals surface area contributed by atoms with Crippen molar-refractivity contribution in [3.8, 4) is 0 Å². The summed E-state index contributed by atoms with van der Waals surface area (Å²) in [4.78, 5) is 27.3. The Labute approximate surface area is 96.9 Å². The molecule has 0 fully saturated rings. The predicted molar refractivity (Wildman–Crippen MR) is 59.7 cm³/mol. The number of hydrogen-bond donors (Lipinski definition) is 2. The summed E-state index contributed by atoms with van der Waals surface area (Å²) in [6, 6.07) is -0.535. The lowest BCUT2D eigenvalue weighted by atomic mass is 10.3.